The molecule has 1 saturated heterocycles. The van der Waals surface area contributed by atoms with E-state index in [-0.39, 0.29) is 18.2 Å². The van der Waals surface area contributed by atoms with Crippen LogP contribution >= 0.6 is 0 Å². The molecule has 1 aliphatic heterocycles. The van der Waals surface area contributed by atoms with Gasteiger partial charge in [-0.2, -0.15) is 0 Å². The van der Waals surface area contributed by atoms with Crippen LogP contribution in [0.25, 0.3) is 0 Å². The quantitative estimate of drug-likeness (QED) is 0.262. The topological polar surface area (TPSA) is 77.1 Å². The molecule has 0 aromatic rings. The maximum Gasteiger partial charge on any atom is 0.209 e. The summed E-state index contributed by atoms with van der Waals surface area (Å²) in [6.07, 6.45) is 0.461. The number of guanidine groups is 1. The van der Waals surface area contributed by atoms with Crippen molar-refractivity contribution in [3.8, 4) is 0 Å². The molecule has 1 aliphatic rings. The van der Waals surface area contributed by atoms with Crippen molar-refractivity contribution in [2.45, 2.75) is 38.5 Å². The predicted molar refractivity (Wildman–Crippen MR) is 69.6 cm³/mol. The second-order valence-corrected chi connectivity index (χ2v) is 5.15. The molecule has 0 bridgehead atoms. The van der Waals surface area contributed by atoms with Crippen molar-refractivity contribution in [1.29, 1.82) is 0 Å². The second-order valence-electron chi connectivity index (χ2n) is 5.15. The molecule has 0 spiro atoms. The zero-order valence-electron chi connectivity index (χ0n) is 11.2. The van der Waals surface area contributed by atoms with Crippen molar-refractivity contribution < 1.29 is 5.11 Å². The lowest BCUT2D eigenvalue weighted by molar-refractivity contribution is 0.187. The highest BCUT2D eigenvalue weighted by Gasteiger charge is 2.33. The third-order valence-corrected chi connectivity index (χ3v) is 2.75. The van der Waals surface area contributed by atoms with Gasteiger partial charge in [0, 0.05) is 25.2 Å². The van der Waals surface area contributed by atoms with E-state index >= 15 is 0 Å². The molecule has 0 aliphatic carbocycles. The number of hydrazine groups is 1. The van der Waals surface area contributed by atoms with E-state index in [1.807, 2.05) is 27.9 Å². The van der Waals surface area contributed by atoms with Gasteiger partial charge in [-0.3, -0.25) is 5.43 Å². The van der Waals surface area contributed by atoms with Gasteiger partial charge in [0.25, 0.3) is 0 Å². The molecule has 1 fully saturated rings. The van der Waals surface area contributed by atoms with E-state index in [1.54, 1.807) is 0 Å². The van der Waals surface area contributed by atoms with Crippen molar-refractivity contribution >= 4 is 5.96 Å². The number of aliphatic hydroxyl groups excluding tert-OH is 1. The zero-order valence-corrected chi connectivity index (χ0v) is 11.2. The van der Waals surface area contributed by atoms with Crippen LogP contribution in [0.15, 0.2) is 4.99 Å². The van der Waals surface area contributed by atoms with Gasteiger partial charge in [-0.1, -0.05) is 0 Å². The Hall–Kier alpha value is -0.850. The number of rotatable bonds is 3. The van der Waals surface area contributed by atoms with E-state index in [1.165, 1.54) is 0 Å². The highest BCUT2D eigenvalue weighted by Crippen LogP contribution is 2.18. The number of β-amino-alcohol motifs (C(OH)–C–C–N with tert-alkyl or cyclic N) is 1. The van der Waals surface area contributed by atoms with Crippen molar-refractivity contribution in [2.75, 3.05) is 27.2 Å². The fraction of sp³-hybridized carbons (Fsp3) is 0.909. The van der Waals surface area contributed by atoms with Crippen LogP contribution < -0.4 is 11.3 Å². The average molecular weight is 243 g/mol. The first-order valence-electron chi connectivity index (χ1n) is 6.08. The van der Waals surface area contributed by atoms with Gasteiger partial charge in [0.05, 0.1) is 6.10 Å². The average Bonchev–Trinajstić information content (AvgIpc) is 2.54. The molecule has 6 nitrogen and oxygen atoms in total. The summed E-state index contributed by atoms with van der Waals surface area (Å²) in [5.74, 6) is 6.19. The summed E-state index contributed by atoms with van der Waals surface area (Å²) >= 11 is 0. The van der Waals surface area contributed by atoms with E-state index in [4.69, 9.17) is 5.84 Å². The van der Waals surface area contributed by atoms with Gasteiger partial charge >= 0.3 is 0 Å². The molecule has 1 heterocycles. The SMILES string of the molecule is CC(C)N=C(NN)N1CC(O)CC1CN(C)C. The third kappa shape index (κ3) is 4.14. The standard InChI is InChI=1S/C11H25N5O/c1-8(2)13-11(14-12)16-7-10(17)5-9(16)6-15(3)4/h8-10,17H,5-7,12H2,1-4H3,(H,13,14). The first-order valence-corrected chi connectivity index (χ1v) is 6.08. The summed E-state index contributed by atoms with van der Waals surface area (Å²) in [5.41, 5.74) is 2.65. The van der Waals surface area contributed by atoms with Crippen molar-refractivity contribution in [1.82, 2.24) is 15.2 Å². The molecule has 17 heavy (non-hydrogen) atoms. The fourth-order valence-corrected chi connectivity index (χ4v) is 2.18. The van der Waals surface area contributed by atoms with Crippen LogP contribution in [0, 0.1) is 0 Å². The molecule has 4 N–H and O–H groups in total. The molecule has 2 atom stereocenters. The highest BCUT2D eigenvalue weighted by atomic mass is 16.3. The van der Waals surface area contributed by atoms with Gasteiger partial charge in [0.1, 0.15) is 0 Å². The van der Waals surface area contributed by atoms with Gasteiger partial charge in [0.15, 0.2) is 0 Å². The Morgan fingerprint density at radius 3 is 2.71 bits per heavy atom. The number of nitrogens with zero attached hydrogens (tertiary/aromatic N) is 3. The second kappa shape index (κ2) is 6.18. The number of nitrogens with one attached hydrogen (secondary N) is 1. The predicted octanol–water partition coefficient (Wildman–Crippen LogP) is -0.789. The number of hydrogen-bond acceptors (Lipinski definition) is 4. The lowest BCUT2D eigenvalue weighted by Gasteiger charge is -2.29. The molecular weight excluding hydrogens is 218 g/mol. The van der Waals surface area contributed by atoms with Gasteiger partial charge in [-0.15, -0.1) is 0 Å². The third-order valence-electron chi connectivity index (χ3n) is 2.75. The van der Waals surface area contributed by atoms with E-state index in [2.05, 4.69) is 20.2 Å². The Kier molecular flexibility index (Phi) is 5.17. The molecule has 6 heteroatoms. The summed E-state index contributed by atoms with van der Waals surface area (Å²) in [4.78, 5) is 8.62. The Bertz CT molecular complexity index is 267. The van der Waals surface area contributed by atoms with E-state index in [0.29, 0.717) is 12.5 Å². The van der Waals surface area contributed by atoms with Crippen LogP contribution in [0.5, 0.6) is 0 Å². The summed E-state index contributed by atoms with van der Waals surface area (Å²) in [6, 6.07) is 0.437. The lowest BCUT2D eigenvalue weighted by Crippen LogP contribution is -2.50. The molecule has 0 amide bonds. The van der Waals surface area contributed by atoms with Crippen molar-refractivity contribution in [3.63, 3.8) is 0 Å². The Morgan fingerprint density at radius 2 is 2.24 bits per heavy atom. The lowest BCUT2D eigenvalue weighted by atomic mass is 10.2. The van der Waals surface area contributed by atoms with Gasteiger partial charge in [-0.25, -0.2) is 10.8 Å². The molecule has 0 aromatic carbocycles. The summed E-state index contributed by atoms with van der Waals surface area (Å²) < 4.78 is 0. The molecule has 0 radical (unpaired) electrons. The Labute approximate surface area is 103 Å². The van der Waals surface area contributed by atoms with Crippen LogP contribution in [0.4, 0.5) is 0 Å². The monoisotopic (exact) mass is 243 g/mol. The first kappa shape index (κ1) is 14.2. The van der Waals surface area contributed by atoms with E-state index in [9.17, 15) is 5.11 Å². The summed E-state index contributed by atoms with van der Waals surface area (Å²) in [5, 5.41) is 9.78. The molecule has 1 rings (SSSR count). The van der Waals surface area contributed by atoms with Crippen LogP contribution in [0.2, 0.25) is 0 Å². The number of nitrogens with two attached hydrogens (primary N) is 1. The Morgan fingerprint density at radius 1 is 1.59 bits per heavy atom. The van der Waals surface area contributed by atoms with E-state index < -0.39 is 0 Å². The summed E-state index contributed by atoms with van der Waals surface area (Å²) in [7, 11) is 4.05. The fourth-order valence-electron chi connectivity index (χ4n) is 2.18. The Balaban J connectivity index is 2.77. The van der Waals surface area contributed by atoms with Gasteiger partial charge in [-0.05, 0) is 34.4 Å². The normalized spacial score (nSPS) is 26.1. The maximum absolute atomic E-state index is 9.78. The number of likely N-dealkylation sites (tertiary alicyclic amines) is 1. The van der Waals surface area contributed by atoms with Gasteiger partial charge in [0.2, 0.25) is 5.96 Å². The molecule has 2 unspecified atom stereocenters. The van der Waals surface area contributed by atoms with Crippen LogP contribution in [-0.4, -0.2) is 66.2 Å². The number of aliphatic imine (C=N–C) groups is 1. The maximum atomic E-state index is 9.78. The summed E-state index contributed by atoms with van der Waals surface area (Å²) in [6.45, 7) is 5.49. The van der Waals surface area contributed by atoms with Crippen molar-refractivity contribution in [2.24, 2.45) is 10.8 Å². The van der Waals surface area contributed by atoms with Crippen LogP contribution in [0.3, 0.4) is 0 Å². The number of likely N-dealkylation sites (N-methyl/N-ethyl adjacent to an activating group) is 1. The number of aliphatic hydroxyl groups is 1. The molecule has 0 saturated carbocycles. The van der Waals surface area contributed by atoms with E-state index in [0.717, 1.165) is 13.0 Å². The minimum atomic E-state index is -0.300. The minimum Gasteiger partial charge on any atom is -0.391 e. The van der Waals surface area contributed by atoms with Crippen LogP contribution in [-0.2, 0) is 0 Å². The van der Waals surface area contributed by atoms with Crippen molar-refractivity contribution in [3.05, 3.63) is 0 Å². The minimum absolute atomic E-state index is 0.179. The molecular formula is C11H25N5O. The highest BCUT2D eigenvalue weighted by molar-refractivity contribution is 5.80. The largest absolute Gasteiger partial charge is 0.391 e. The smallest absolute Gasteiger partial charge is 0.209 e. The number of hydrogen-bond donors (Lipinski definition) is 3. The first-order chi connectivity index (χ1) is 7.93. The molecule has 0 aromatic heterocycles. The molecule has 100 valence electrons. The zero-order chi connectivity index (χ0) is 13.0. The van der Waals surface area contributed by atoms with Gasteiger partial charge < -0.3 is 14.9 Å². The van der Waals surface area contributed by atoms with Crippen LogP contribution in [0.1, 0.15) is 20.3 Å².